The van der Waals surface area contributed by atoms with Gasteiger partial charge in [-0.3, -0.25) is 0 Å². The molecule has 1 aromatic carbocycles. The largest absolute Gasteiger partial charge is 0.478 e. The second kappa shape index (κ2) is 4.65. The molecule has 2 nitrogen and oxygen atoms in total. The van der Waals surface area contributed by atoms with Gasteiger partial charge in [-0.2, -0.15) is 0 Å². The van der Waals surface area contributed by atoms with Crippen LogP contribution in [-0.4, -0.2) is 11.1 Å². The Labute approximate surface area is 89.7 Å². The molecule has 1 aromatic rings. The van der Waals surface area contributed by atoms with Gasteiger partial charge in [-0.25, -0.2) is 9.18 Å². The molecule has 0 amide bonds. The van der Waals surface area contributed by atoms with Gasteiger partial charge in [-0.05, 0) is 12.1 Å². The SMILES string of the molecule is Cl.O=C(O)c1cc(F)c(Cl)cc1Cl. The summed E-state index contributed by atoms with van der Waals surface area (Å²) in [5.74, 6) is -2.07. The van der Waals surface area contributed by atoms with Crippen LogP contribution in [0, 0.1) is 5.82 Å². The molecule has 0 unspecified atom stereocenters. The normalized spacial score (nSPS) is 9.15. The van der Waals surface area contributed by atoms with Crippen molar-refractivity contribution in [3.8, 4) is 0 Å². The summed E-state index contributed by atoms with van der Waals surface area (Å²) < 4.78 is 12.7. The molecule has 0 aliphatic heterocycles. The van der Waals surface area contributed by atoms with Crippen LogP contribution < -0.4 is 0 Å². The van der Waals surface area contributed by atoms with Gasteiger partial charge in [0.2, 0.25) is 0 Å². The smallest absolute Gasteiger partial charge is 0.337 e. The maximum atomic E-state index is 12.7. The Morgan fingerprint density at radius 2 is 1.85 bits per heavy atom. The number of carbonyl (C=O) groups is 1. The second-order valence-electron chi connectivity index (χ2n) is 2.05. The molecule has 0 heterocycles. The molecule has 6 heteroatoms. The van der Waals surface area contributed by atoms with Crippen LogP contribution >= 0.6 is 35.6 Å². The Balaban J connectivity index is 0.00000144. The zero-order valence-corrected chi connectivity index (χ0v) is 8.38. The minimum absolute atomic E-state index is 0. The van der Waals surface area contributed by atoms with E-state index in [1.165, 1.54) is 0 Å². The average Bonchev–Trinajstić information content (AvgIpc) is 1.96. The van der Waals surface area contributed by atoms with E-state index in [9.17, 15) is 9.18 Å². The molecule has 0 saturated heterocycles. The summed E-state index contributed by atoms with van der Waals surface area (Å²) in [6, 6.07) is 1.84. The van der Waals surface area contributed by atoms with Crippen molar-refractivity contribution in [2.75, 3.05) is 0 Å². The fourth-order valence-corrected chi connectivity index (χ4v) is 1.15. The van der Waals surface area contributed by atoms with Crippen LogP contribution in [0.2, 0.25) is 10.0 Å². The van der Waals surface area contributed by atoms with E-state index in [1.54, 1.807) is 0 Å². The summed E-state index contributed by atoms with van der Waals surface area (Å²) in [4.78, 5) is 10.4. The number of hydrogen-bond donors (Lipinski definition) is 1. The van der Waals surface area contributed by atoms with Crippen LogP contribution in [0.15, 0.2) is 12.1 Å². The first-order valence-electron chi connectivity index (χ1n) is 2.90. The van der Waals surface area contributed by atoms with Crippen molar-refractivity contribution in [2.45, 2.75) is 0 Å². The molecule has 0 bridgehead atoms. The predicted octanol–water partition coefficient (Wildman–Crippen LogP) is 3.25. The number of benzene rings is 1. The summed E-state index contributed by atoms with van der Waals surface area (Å²) in [6.45, 7) is 0. The van der Waals surface area contributed by atoms with Gasteiger partial charge in [-0.1, -0.05) is 23.2 Å². The van der Waals surface area contributed by atoms with Crippen LogP contribution in [0.3, 0.4) is 0 Å². The maximum absolute atomic E-state index is 12.7. The molecule has 0 aliphatic rings. The minimum Gasteiger partial charge on any atom is -0.478 e. The predicted molar refractivity (Wildman–Crippen MR) is 50.6 cm³/mol. The van der Waals surface area contributed by atoms with Gasteiger partial charge in [0, 0.05) is 0 Å². The van der Waals surface area contributed by atoms with Crippen LogP contribution in [0.4, 0.5) is 4.39 Å². The second-order valence-corrected chi connectivity index (χ2v) is 2.87. The minimum atomic E-state index is -1.28. The van der Waals surface area contributed by atoms with E-state index in [4.69, 9.17) is 28.3 Å². The van der Waals surface area contributed by atoms with Gasteiger partial charge >= 0.3 is 5.97 Å². The third-order valence-corrected chi connectivity index (χ3v) is 1.84. The Bertz CT molecular complexity index is 341. The highest BCUT2D eigenvalue weighted by atomic mass is 35.5. The van der Waals surface area contributed by atoms with E-state index >= 15 is 0 Å². The standard InChI is InChI=1S/C7H3Cl2FO2.ClH/c8-4-2-5(9)6(10)1-3(4)7(11)12;/h1-2H,(H,11,12);1H. The van der Waals surface area contributed by atoms with Crippen LogP contribution in [0.1, 0.15) is 10.4 Å². The molecular formula is C7H4Cl3FO2. The zero-order valence-electron chi connectivity index (χ0n) is 6.05. The highest BCUT2D eigenvalue weighted by molar-refractivity contribution is 6.36. The van der Waals surface area contributed by atoms with E-state index in [0.29, 0.717) is 0 Å². The Morgan fingerprint density at radius 3 is 2.31 bits per heavy atom. The van der Waals surface area contributed by atoms with Crippen LogP contribution in [-0.2, 0) is 0 Å². The number of rotatable bonds is 1. The van der Waals surface area contributed by atoms with Crippen LogP contribution in [0.25, 0.3) is 0 Å². The molecule has 0 saturated carbocycles. The fourth-order valence-electron chi connectivity index (χ4n) is 0.686. The Hall–Kier alpha value is -0.510. The molecule has 72 valence electrons. The van der Waals surface area contributed by atoms with Crippen molar-refractivity contribution in [1.82, 2.24) is 0 Å². The van der Waals surface area contributed by atoms with Gasteiger partial charge in [0.1, 0.15) is 5.82 Å². The summed E-state index contributed by atoms with van der Waals surface area (Å²) in [5, 5.41) is 8.22. The summed E-state index contributed by atoms with van der Waals surface area (Å²) in [5.41, 5.74) is -0.293. The lowest BCUT2D eigenvalue weighted by molar-refractivity contribution is 0.0696. The third kappa shape index (κ3) is 2.72. The highest BCUT2D eigenvalue weighted by Gasteiger charge is 2.12. The van der Waals surface area contributed by atoms with E-state index in [-0.39, 0.29) is 28.0 Å². The molecule has 0 spiro atoms. The van der Waals surface area contributed by atoms with Gasteiger partial charge in [-0.15, -0.1) is 12.4 Å². The van der Waals surface area contributed by atoms with E-state index < -0.39 is 11.8 Å². The van der Waals surface area contributed by atoms with Crippen molar-refractivity contribution in [3.63, 3.8) is 0 Å². The first kappa shape index (κ1) is 12.5. The topological polar surface area (TPSA) is 37.3 Å². The molecule has 1 N–H and O–H groups in total. The Kier molecular flexibility index (Phi) is 4.47. The molecule has 0 fully saturated rings. The van der Waals surface area contributed by atoms with Crippen LogP contribution in [0.5, 0.6) is 0 Å². The molecule has 13 heavy (non-hydrogen) atoms. The first-order chi connectivity index (χ1) is 5.52. The number of carboxylic acid groups (broad SMARTS) is 1. The molecule has 0 aliphatic carbocycles. The summed E-state index contributed by atoms with van der Waals surface area (Å²) in [7, 11) is 0. The van der Waals surface area contributed by atoms with Crippen molar-refractivity contribution in [3.05, 3.63) is 33.6 Å². The first-order valence-corrected chi connectivity index (χ1v) is 3.66. The van der Waals surface area contributed by atoms with E-state index in [2.05, 4.69) is 0 Å². The summed E-state index contributed by atoms with van der Waals surface area (Å²) >= 11 is 10.8. The number of carboxylic acids is 1. The third-order valence-electron chi connectivity index (χ3n) is 1.24. The molecular weight excluding hydrogens is 241 g/mol. The molecule has 0 radical (unpaired) electrons. The number of aromatic carboxylic acids is 1. The zero-order chi connectivity index (χ0) is 9.30. The van der Waals surface area contributed by atoms with Crippen molar-refractivity contribution in [2.24, 2.45) is 0 Å². The fraction of sp³-hybridized carbons (Fsp3) is 0. The maximum Gasteiger partial charge on any atom is 0.337 e. The molecule has 0 aromatic heterocycles. The molecule has 1 rings (SSSR count). The van der Waals surface area contributed by atoms with Crippen molar-refractivity contribution >= 4 is 41.6 Å². The summed E-state index contributed by atoms with van der Waals surface area (Å²) in [6.07, 6.45) is 0. The highest BCUT2D eigenvalue weighted by Crippen LogP contribution is 2.23. The van der Waals surface area contributed by atoms with Gasteiger partial charge in [0.15, 0.2) is 0 Å². The lowest BCUT2D eigenvalue weighted by Gasteiger charge is -1.99. The van der Waals surface area contributed by atoms with E-state index in [1.807, 2.05) is 0 Å². The molecule has 0 atom stereocenters. The van der Waals surface area contributed by atoms with Crippen molar-refractivity contribution in [1.29, 1.82) is 0 Å². The quantitative estimate of drug-likeness (QED) is 0.771. The van der Waals surface area contributed by atoms with Gasteiger partial charge in [0.25, 0.3) is 0 Å². The number of halogens is 4. The average molecular weight is 245 g/mol. The lowest BCUT2D eigenvalue weighted by Crippen LogP contribution is -1.98. The number of hydrogen-bond acceptors (Lipinski definition) is 1. The monoisotopic (exact) mass is 244 g/mol. The van der Waals surface area contributed by atoms with Crippen molar-refractivity contribution < 1.29 is 14.3 Å². The Morgan fingerprint density at radius 1 is 1.31 bits per heavy atom. The van der Waals surface area contributed by atoms with E-state index in [0.717, 1.165) is 12.1 Å². The van der Waals surface area contributed by atoms with Gasteiger partial charge in [0.05, 0.1) is 15.6 Å². The van der Waals surface area contributed by atoms with Gasteiger partial charge < -0.3 is 5.11 Å². The lowest BCUT2D eigenvalue weighted by atomic mass is 10.2.